The van der Waals surface area contributed by atoms with E-state index in [1.807, 2.05) is 24.3 Å². The molecule has 8 heteroatoms. The number of carbonyl (C=O) groups is 3. The number of ether oxygens (including phenoxy) is 2. The number of hydrogen-bond acceptors (Lipinski definition) is 5. The van der Waals surface area contributed by atoms with Crippen LogP contribution in [0.15, 0.2) is 48.5 Å². The highest BCUT2D eigenvalue weighted by Crippen LogP contribution is 2.44. The predicted octanol–water partition coefficient (Wildman–Crippen LogP) is 3.30. The van der Waals surface area contributed by atoms with E-state index in [2.05, 4.69) is 34.9 Å². The highest BCUT2D eigenvalue weighted by atomic mass is 16.5. The average Bonchev–Trinajstić information content (AvgIpc) is 3.45. The molecule has 3 N–H and O–H groups in total. The van der Waals surface area contributed by atoms with E-state index >= 15 is 0 Å². The van der Waals surface area contributed by atoms with E-state index in [0.717, 1.165) is 35.1 Å². The maximum absolute atomic E-state index is 12.9. The van der Waals surface area contributed by atoms with Crippen molar-refractivity contribution in [1.82, 2.24) is 10.6 Å². The average molecular weight is 479 g/mol. The Morgan fingerprint density at radius 1 is 0.857 bits per heavy atom. The number of fused-ring (bicyclic) bond motifs is 3. The lowest BCUT2D eigenvalue weighted by Gasteiger charge is -2.30. The van der Waals surface area contributed by atoms with Crippen molar-refractivity contribution in [2.24, 2.45) is 11.8 Å². The van der Waals surface area contributed by atoms with Gasteiger partial charge in [-0.25, -0.2) is 4.79 Å². The first-order valence-corrected chi connectivity index (χ1v) is 12.3. The summed E-state index contributed by atoms with van der Waals surface area (Å²) in [7, 11) is 0. The summed E-state index contributed by atoms with van der Waals surface area (Å²) in [6.45, 7) is 0.562. The van der Waals surface area contributed by atoms with Crippen molar-refractivity contribution in [1.29, 1.82) is 0 Å². The molecule has 35 heavy (non-hydrogen) atoms. The Hall–Kier alpha value is -3.39. The number of carboxylic acid groups (broad SMARTS) is 1. The first kappa shape index (κ1) is 23.4. The molecule has 0 aromatic heterocycles. The molecule has 1 heterocycles. The van der Waals surface area contributed by atoms with Crippen molar-refractivity contribution < 1.29 is 29.0 Å². The van der Waals surface area contributed by atoms with Crippen molar-refractivity contribution in [3.8, 4) is 11.1 Å². The van der Waals surface area contributed by atoms with Gasteiger partial charge in [-0.1, -0.05) is 61.4 Å². The molecule has 5 rings (SSSR count). The number of benzene rings is 2. The molecule has 1 saturated carbocycles. The fourth-order valence-corrected chi connectivity index (χ4v) is 5.64. The zero-order valence-electron chi connectivity index (χ0n) is 19.4. The summed E-state index contributed by atoms with van der Waals surface area (Å²) in [5.74, 6) is -2.39. The van der Waals surface area contributed by atoms with Crippen LogP contribution in [0.1, 0.15) is 42.7 Å². The normalized spacial score (nSPS) is 25.4. The predicted molar refractivity (Wildman–Crippen MR) is 128 cm³/mol. The van der Waals surface area contributed by atoms with Gasteiger partial charge in [-0.05, 0) is 35.1 Å². The van der Waals surface area contributed by atoms with Crippen LogP contribution < -0.4 is 10.6 Å². The molecule has 4 unspecified atom stereocenters. The number of nitrogens with one attached hydrogen (secondary N) is 2. The lowest BCUT2D eigenvalue weighted by atomic mass is 9.84. The number of rotatable bonds is 6. The molecule has 2 aromatic rings. The lowest BCUT2D eigenvalue weighted by molar-refractivity contribution is -0.144. The van der Waals surface area contributed by atoms with Gasteiger partial charge in [0.1, 0.15) is 6.61 Å². The summed E-state index contributed by atoms with van der Waals surface area (Å²) < 4.78 is 11.1. The molecular weight excluding hydrogens is 448 g/mol. The molecule has 0 spiro atoms. The van der Waals surface area contributed by atoms with Crippen LogP contribution in [0.3, 0.4) is 0 Å². The summed E-state index contributed by atoms with van der Waals surface area (Å²) in [4.78, 5) is 37.2. The van der Waals surface area contributed by atoms with Crippen LogP contribution in [0.4, 0.5) is 4.79 Å². The number of alkyl carbamates (subject to hydrolysis) is 1. The molecule has 0 radical (unpaired) electrons. The smallest absolute Gasteiger partial charge is 0.407 e. The van der Waals surface area contributed by atoms with E-state index in [1.165, 1.54) is 0 Å². The minimum absolute atomic E-state index is 0.0497. The van der Waals surface area contributed by atoms with E-state index in [-0.39, 0.29) is 31.6 Å². The van der Waals surface area contributed by atoms with Gasteiger partial charge in [0.15, 0.2) is 0 Å². The van der Waals surface area contributed by atoms with E-state index in [0.29, 0.717) is 12.8 Å². The second-order valence-electron chi connectivity index (χ2n) is 9.56. The monoisotopic (exact) mass is 478 g/mol. The Labute approximate surface area is 204 Å². The number of amides is 2. The maximum Gasteiger partial charge on any atom is 0.407 e. The maximum atomic E-state index is 12.9. The van der Waals surface area contributed by atoms with Crippen molar-refractivity contribution in [3.63, 3.8) is 0 Å². The Bertz CT molecular complexity index is 1070. The first-order chi connectivity index (χ1) is 17.0. The molecule has 1 saturated heterocycles. The number of carbonyl (C=O) groups excluding carboxylic acids is 2. The van der Waals surface area contributed by atoms with Gasteiger partial charge in [-0.2, -0.15) is 0 Å². The molecule has 2 fully saturated rings. The molecule has 2 amide bonds. The first-order valence-electron chi connectivity index (χ1n) is 12.3. The summed E-state index contributed by atoms with van der Waals surface area (Å²) >= 11 is 0. The second kappa shape index (κ2) is 10.1. The summed E-state index contributed by atoms with van der Waals surface area (Å²) in [6, 6.07) is 15.3. The molecule has 0 bridgehead atoms. The fourth-order valence-electron chi connectivity index (χ4n) is 5.64. The molecule has 2 aromatic carbocycles. The van der Waals surface area contributed by atoms with Gasteiger partial charge in [-0.15, -0.1) is 0 Å². The fraction of sp³-hybridized carbons (Fsp3) is 0.444. The van der Waals surface area contributed by atoms with Crippen molar-refractivity contribution in [2.45, 2.75) is 43.7 Å². The van der Waals surface area contributed by atoms with Crippen molar-refractivity contribution >= 4 is 18.0 Å². The quantitative estimate of drug-likeness (QED) is 0.587. The van der Waals surface area contributed by atoms with E-state index in [1.54, 1.807) is 0 Å². The van der Waals surface area contributed by atoms with Crippen LogP contribution in [0.5, 0.6) is 0 Å². The zero-order valence-corrected chi connectivity index (χ0v) is 19.4. The van der Waals surface area contributed by atoms with Gasteiger partial charge in [0.2, 0.25) is 5.91 Å². The standard InChI is InChI=1S/C27H30N2O6/c30-25(28-23-12-6-5-11-20(23)26(31)32)22-13-34-15-24(22)29-27(33)35-14-21-18-9-3-1-7-16(18)17-8-2-4-10-19(17)21/h1-4,7-10,20-24H,5-6,11-15H2,(H,28,30)(H,29,33)(H,31,32). The molecule has 3 aliphatic rings. The topological polar surface area (TPSA) is 114 Å². The van der Waals surface area contributed by atoms with E-state index in [4.69, 9.17) is 9.47 Å². The third-order valence-corrected chi connectivity index (χ3v) is 7.48. The largest absolute Gasteiger partial charge is 0.481 e. The van der Waals surface area contributed by atoms with E-state index in [9.17, 15) is 19.5 Å². The van der Waals surface area contributed by atoms with Gasteiger partial charge in [0.05, 0.1) is 31.1 Å². The molecule has 184 valence electrons. The zero-order chi connectivity index (χ0) is 24.4. The van der Waals surface area contributed by atoms with Gasteiger partial charge in [0, 0.05) is 12.0 Å². The Balaban J connectivity index is 1.19. The minimum atomic E-state index is -0.883. The second-order valence-corrected chi connectivity index (χ2v) is 9.56. The van der Waals surface area contributed by atoms with Crippen LogP contribution in [0.2, 0.25) is 0 Å². The highest BCUT2D eigenvalue weighted by Gasteiger charge is 2.39. The minimum Gasteiger partial charge on any atom is -0.481 e. The van der Waals surface area contributed by atoms with Crippen LogP contribution >= 0.6 is 0 Å². The van der Waals surface area contributed by atoms with Crippen LogP contribution in [0, 0.1) is 11.8 Å². The van der Waals surface area contributed by atoms with Crippen LogP contribution in [-0.2, 0) is 19.1 Å². The Morgan fingerprint density at radius 2 is 1.51 bits per heavy atom. The van der Waals surface area contributed by atoms with Crippen LogP contribution in [-0.4, -0.2) is 55.0 Å². The van der Waals surface area contributed by atoms with Gasteiger partial charge in [-0.3, -0.25) is 9.59 Å². The lowest BCUT2D eigenvalue weighted by Crippen LogP contribution is -2.51. The number of carboxylic acids is 1. The molecule has 4 atom stereocenters. The van der Waals surface area contributed by atoms with Gasteiger partial charge in [0.25, 0.3) is 0 Å². The number of aliphatic carboxylic acids is 1. The van der Waals surface area contributed by atoms with Crippen molar-refractivity contribution in [3.05, 3.63) is 59.7 Å². The molecular formula is C27H30N2O6. The third-order valence-electron chi connectivity index (χ3n) is 7.48. The Morgan fingerprint density at radius 3 is 2.20 bits per heavy atom. The molecule has 1 aliphatic heterocycles. The van der Waals surface area contributed by atoms with Gasteiger partial charge >= 0.3 is 12.1 Å². The summed E-state index contributed by atoms with van der Waals surface area (Å²) in [5, 5.41) is 15.2. The molecule has 8 nitrogen and oxygen atoms in total. The van der Waals surface area contributed by atoms with Crippen LogP contribution in [0.25, 0.3) is 11.1 Å². The highest BCUT2D eigenvalue weighted by molar-refractivity contribution is 5.82. The third kappa shape index (κ3) is 4.75. The molecule has 2 aliphatic carbocycles. The SMILES string of the molecule is O=C(NC1COCC1C(=O)NC1CCCCC1C(=O)O)OCC1c2ccccc2-c2ccccc21. The summed E-state index contributed by atoms with van der Waals surface area (Å²) in [5.41, 5.74) is 4.56. The summed E-state index contributed by atoms with van der Waals surface area (Å²) in [6.07, 6.45) is 2.34. The van der Waals surface area contributed by atoms with Gasteiger partial charge < -0.3 is 25.2 Å². The Kier molecular flexibility index (Phi) is 6.72. The van der Waals surface area contributed by atoms with E-state index < -0.39 is 36.0 Å². The van der Waals surface area contributed by atoms with Crippen molar-refractivity contribution in [2.75, 3.05) is 19.8 Å². The number of hydrogen-bond donors (Lipinski definition) is 3.